The summed E-state index contributed by atoms with van der Waals surface area (Å²) in [7, 11) is 0. The van der Waals surface area contributed by atoms with Gasteiger partial charge in [-0.15, -0.1) is 6.58 Å². The lowest BCUT2D eigenvalue weighted by molar-refractivity contribution is -0.0893. The second kappa shape index (κ2) is 6.58. The summed E-state index contributed by atoms with van der Waals surface area (Å²) in [6.07, 6.45) is 5.64. The Balaban J connectivity index is 1.70. The summed E-state index contributed by atoms with van der Waals surface area (Å²) in [6, 6.07) is 10.3. The van der Waals surface area contributed by atoms with Gasteiger partial charge in [0.05, 0.1) is 25.4 Å². The molecule has 0 aliphatic carbocycles. The van der Waals surface area contributed by atoms with Gasteiger partial charge >= 0.3 is 0 Å². The topological polar surface area (TPSA) is 18.5 Å². The summed E-state index contributed by atoms with van der Waals surface area (Å²) in [4.78, 5) is 0. The van der Waals surface area contributed by atoms with Gasteiger partial charge in [-0.05, 0) is 24.8 Å². The van der Waals surface area contributed by atoms with Gasteiger partial charge in [0.15, 0.2) is 0 Å². The molecular weight excluding hydrogens is 212 g/mol. The zero-order chi connectivity index (χ0) is 11.9. The highest BCUT2D eigenvalue weighted by atomic mass is 16.5. The van der Waals surface area contributed by atoms with Crippen molar-refractivity contribution in [3.8, 4) is 0 Å². The van der Waals surface area contributed by atoms with Crippen molar-refractivity contribution in [1.29, 1.82) is 0 Å². The third-order valence-electron chi connectivity index (χ3n) is 3.09. The first-order valence-corrected chi connectivity index (χ1v) is 6.26. The second-order valence-corrected chi connectivity index (χ2v) is 4.48. The fourth-order valence-corrected chi connectivity index (χ4v) is 2.07. The molecule has 0 radical (unpaired) electrons. The Labute approximate surface area is 103 Å². The average molecular weight is 232 g/mol. The van der Waals surface area contributed by atoms with E-state index in [-0.39, 0.29) is 6.10 Å². The molecular formula is C15H20O2. The summed E-state index contributed by atoms with van der Waals surface area (Å²) in [5.74, 6) is 0. The Hall–Kier alpha value is -1.12. The van der Waals surface area contributed by atoms with E-state index >= 15 is 0 Å². The first-order chi connectivity index (χ1) is 8.38. The van der Waals surface area contributed by atoms with E-state index in [0.29, 0.717) is 19.3 Å². The molecule has 1 saturated heterocycles. The van der Waals surface area contributed by atoms with E-state index in [1.54, 1.807) is 0 Å². The Morgan fingerprint density at radius 2 is 2.12 bits per heavy atom. The lowest BCUT2D eigenvalue weighted by atomic mass is 10.0. The van der Waals surface area contributed by atoms with Crippen molar-refractivity contribution in [2.75, 3.05) is 6.61 Å². The van der Waals surface area contributed by atoms with Crippen LogP contribution >= 0.6 is 0 Å². The van der Waals surface area contributed by atoms with Crippen LogP contribution < -0.4 is 0 Å². The maximum Gasteiger partial charge on any atom is 0.0814 e. The summed E-state index contributed by atoms with van der Waals surface area (Å²) < 4.78 is 11.6. The van der Waals surface area contributed by atoms with E-state index in [0.717, 1.165) is 19.3 Å². The number of hydrogen-bond acceptors (Lipinski definition) is 2. The third kappa shape index (κ3) is 3.99. The van der Waals surface area contributed by atoms with E-state index in [1.807, 2.05) is 24.3 Å². The summed E-state index contributed by atoms with van der Waals surface area (Å²) >= 11 is 0. The number of benzene rings is 1. The molecule has 0 unspecified atom stereocenters. The minimum absolute atomic E-state index is 0.247. The molecule has 0 amide bonds. The maximum atomic E-state index is 5.84. The predicted molar refractivity (Wildman–Crippen MR) is 68.8 cm³/mol. The third-order valence-corrected chi connectivity index (χ3v) is 3.09. The molecule has 0 aromatic heterocycles. The van der Waals surface area contributed by atoms with Crippen LogP contribution in [0.15, 0.2) is 43.0 Å². The summed E-state index contributed by atoms with van der Waals surface area (Å²) in [6.45, 7) is 5.13. The lowest BCUT2D eigenvalue weighted by Crippen LogP contribution is -2.31. The quantitative estimate of drug-likeness (QED) is 0.725. The molecule has 1 aliphatic heterocycles. The molecule has 1 aromatic rings. The van der Waals surface area contributed by atoms with Crippen LogP contribution in [0, 0.1) is 0 Å². The van der Waals surface area contributed by atoms with E-state index in [9.17, 15) is 0 Å². The predicted octanol–water partition coefficient (Wildman–Crippen LogP) is 3.33. The monoisotopic (exact) mass is 232 g/mol. The van der Waals surface area contributed by atoms with E-state index in [4.69, 9.17) is 9.47 Å². The van der Waals surface area contributed by atoms with Gasteiger partial charge in [-0.2, -0.15) is 0 Å². The van der Waals surface area contributed by atoms with Crippen LogP contribution in [0.3, 0.4) is 0 Å². The molecule has 2 atom stereocenters. The normalized spacial score (nSPS) is 24.5. The van der Waals surface area contributed by atoms with Gasteiger partial charge in [0.1, 0.15) is 0 Å². The number of ether oxygens (including phenoxy) is 2. The van der Waals surface area contributed by atoms with Crippen LogP contribution in [0.2, 0.25) is 0 Å². The second-order valence-electron chi connectivity index (χ2n) is 4.48. The first-order valence-electron chi connectivity index (χ1n) is 6.26. The molecule has 1 heterocycles. The van der Waals surface area contributed by atoms with Gasteiger partial charge < -0.3 is 9.47 Å². The highest BCUT2D eigenvalue weighted by molar-refractivity contribution is 5.13. The van der Waals surface area contributed by atoms with E-state index in [1.165, 1.54) is 5.56 Å². The van der Waals surface area contributed by atoms with Gasteiger partial charge in [-0.3, -0.25) is 0 Å². The molecule has 1 aliphatic rings. The molecule has 1 fully saturated rings. The lowest BCUT2D eigenvalue weighted by Gasteiger charge is -2.28. The standard InChI is InChI=1S/C15H20O2/c1-2-6-14-9-10-15(12-17-14)16-11-13-7-4-3-5-8-13/h2-5,7-8,14-15H,1,6,9-12H2/t14-,15-/m1/s1. The van der Waals surface area contributed by atoms with E-state index in [2.05, 4.69) is 18.7 Å². The maximum absolute atomic E-state index is 5.84. The highest BCUT2D eigenvalue weighted by Gasteiger charge is 2.21. The van der Waals surface area contributed by atoms with Crippen molar-refractivity contribution in [2.24, 2.45) is 0 Å². The average Bonchev–Trinajstić information content (AvgIpc) is 2.40. The molecule has 0 N–H and O–H groups in total. The van der Waals surface area contributed by atoms with Crippen molar-refractivity contribution in [3.63, 3.8) is 0 Å². The summed E-state index contributed by atoms with van der Waals surface area (Å²) in [5, 5.41) is 0. The van der Waals surface area contributed by atoms with Gasteiger partial charge in [0, 0.05) is 0 Å². The molecule has 2 heteroatoms. The van der Waals surface area contributed by atoms with Gasteiger partial charge in [0.25, 0.3) is 0 Å². The van der Waals surface area contributed by atoms with Gasteiger partial charge in [0.2, 0.25) is 0 Å². The van der Waals surface area contributed by atoms with E-state index < -0.39 is 0 Å². The van der Waals surface area contributed by atoms with Crippen molar-refractivity contribution >= 4 is 0 Å². The zero-order valence-electron chi connectivity index (χ0n) is 10.2. The van der Waals surface area contributed by atoms with Crippen LogP contribution in [-0.4, -0.2) is 18.8 Å². The van der Waals surface area contributed by atoms with Crippen molar-refractivity contribution in [1.82, 2.24) is 0 Å². The number of hydrogen-bond donors (Lipinski definition) is 0. The van der Waals surface area contributed by atoms with Crippen LogP contribution in [0.25, 0.3) is 0 Å². The first kappa shape index (κ1) is 12.3. The largest absolute Gasteiger partial charge is 0.375 e. The van der Waals surface area contributed by atoms with Crippen LogP contribution in [-0.2, 0) is 16.1 Å². The van der Waals surface area contributed by atoms with Gasteiger partial charge in [-0.1, -0.05) is 36.4 Å². The smallest absolute Gasteiger partial charge is 0.0814 e. The molecule has 2 nitrogen and oxygen atoms in total. The minimum Gasteiger partial charge on any atom is -0.375 e. The Morgan fingerprint density at radius 3 is 2.76 bits per heavy atom. The molecule has 0 spiro atoms. The summed E-state index contributed by atoms with van der Waals surface area (Å²) in [5.41, 5.74) is 1.22. The van der Waals surface area contributed by atoms with Crippen LogP contribution in [0.5, 0.6) is 0 Å². The molecule has 0 bridgehead atoms. The SMILES string of the molecule is C=CC[C@@H]1CC[C@@H](OCc2ccccc2)CO1. The Kier molecular flexibility index (Phi) is 4.77. The molecule has 1 aromatic carbocycles. The van der Waals surface area contributed by atoms with Crippen molar-refractivity contribution in [2.45, 2.75) is 38.1 Å². The number of rotatable bonds is 5. The Morgan fingerprint density at radius 1 is 1.29 bits per heavy atom. The van der Waals surface area contributed by atoms with Crippen molar-refractivity contribution < 1.29 is 9.47 Å². The van der Waals surface area contributed by atoms with Gasteiger partial charge in [-0.25, -0.2) is 0 Å². The molecule has 92 valence electrons. The fourth-order valence-electron chi connectivity index (χ4n) is 2.07. The fraction of sp³-hybridized carbons (Fsp3) is 0.467. The minimum atomic E-state index is 0.247. The van der Waals surface area contributed by atoms with Crippen molar-refractivity contribution in [3.05, 3.63) is 48.6 Å². The zero-order valence-corrected chi connectivity index (χ0v) is 10.2. The molecule has 0 saturated carbocycles. The molecule has 17 heavy (non-hydrogen) atoms. The Bertz CT molecular complexity index is 326. The molecule has 2 rings (SSSR count). The highest BCUT2D eigenvalue weighted by Crippen LogP contribution is 2.19. The van der Waals surface area contributed by atoms with Crippen LogP contribution in [0.4, 0.5) is 0 Å². The van der Waals surface area contributed by atoms with Crippen LogP contribution in [0.1, 0.15) is 24.8 Å².